The Bertz CT molecular complexity index is 1030. The molecule has 2 aromatic carbocycles. The van der Waals surface area contributed by atoms with Gasteiger partial charge in [-0.2, -0.15) is 5.26 Å². The molecule has 138 valence electrons. The van der Waals surface area contributed by atoms with Gasteiger partial charge in [-0.15, -0.1) is 0 Å². The molecule has 0 saturated heterocycles. The average molecular weight is 365 g/mol. The molecule has 1 amide bonds. The van der Waals surface area contributed by atoms with Crippen molar-refractivity contribution in [1.29, 1.82) is 5.26 Å². The number of rotatable bonds is 6. The fourth-order valence-electron chi connectivity index (χ4n) is 3.14. The van der Waals surface area contributed by atoms with Crippen molar-refractivity contribution in [3.05, 3.63) is 64.6 Å². The van der Waals surface area contributed by atoms with E-state index in [0.717, 1.165) is 22.2 Å². The third-order valence-corrected chi connectivity index (χ3v) is 4.46. The molecule has 0 unspecified atom stereocenters. The van der Waals surface area contributed by atoms with Crippen LogP contribution in [0.1, 0.15) is 22.4 Å². The maximum absolute atomic E-state index is 14.0. The molecule has 0 fully saturated rings. The zero-order valence-corrected chi connectivity index (χ0v) is 15.2. The number of nitrogens with one attached hydrogen (secondary N) is 2. The second-order valence-electron chi connectivity index (χ2n) is 6.37. The van der Waals surface area contributed by atoms with E-state index in [-0.39, 0.29) is 18.3 Å². The molecule has 5 nitrogen and oxygen atoms in total. The number of H-pyrrole nitrogens is 1. The lowest BCUT2D eigenvalue weighted by Gasteiger charge is -2.08. The van der Waals surface area contributed by atoms with Gasteiger partial charge >= 0.3 is 0 Å². The van der Waals surface area contributed by atoms with Gasteiger partial charge in [-0.1, -0.05) is 12.1 Å². The number of carbonyl (C=O) groups is 1. The largest absolute Gasteiger partial charge is 0.484 e. The summed E-state index contributed by atoms with van der Waals surface area (Å²) in [5.74, 6) is -0.0532. The molecule has 0 radical (unpaired) electrons. The molecule has 27 heavy (non-hydrogen) atoms. The molecule has 1 heterocycles. The minimum atomic E-state index is -0.276. The first-order valence-electron chi connectivity index (χ1n) is 8.65. The van der Waals surface area contributed by atoms with Gasteiger partial charge in [0.2, 0.25) is 0 Å². The van der Waals surface area contributed by atoms with Crippen molar-refractivity contribution in [2.75, 3.05) is 13.2 Å². The topological polar surface area (TPSA) is 77.9 Å². The van der Waals surface area contributed by atoms with Crippen molar-refractivity contribution in [2.45, 2.75) is 20.3 Å². The summed E-state index contributed by atoms with van der Waals surface area (Å²) in [6.45, 7) is 4.14. The normalized spacial score (nSPS) is 10.6. The number of fused-ring (bicyclic) bond motifs is 1. The second kappa shape index (κ2) is 7.92. The number of carbonyl (C=O) groups excluding carboxylic acids is 1. The molecule has 0 aliphatic rings. The SMILES string of the molecule is Cc1[nH]c2c(F)ccc(C)c2c1CCNC(=O)COc1cccc(C#N)c1. The molecule has 0 aliphatic carbocycles. The van der Waals surface area contributed by atoms with Crippen LogP contribution in [0.5, 0.6) is 5.75 Å². The summed E-state index contributed by atoms with van der Waals surface area (Å²) in [7, 11) is 0. The van der Waals surface area contributed by atoms with E-state index in [1.165, 1.54) is 6.07 Å². The number of aromatic amines is 1. The summed E-state index contributed by atoms with van der Waals surface area (Å²) < 4.78 is 19.4. The number of halogens is 1. The molecule has 0 bridgehead atoms. The molecule has 6 heteroatoms. The van der Waals surface area contributed by atoms with E-state index < -0.39 is 0 Å². The van der Waals surface area contributed by atoms with Gasteiger partial charge in [0, 0.05) is 17.6 Å². The van der Waals surface area contributed by atoms with Gasteiger partial charge in [0.25, 0.3) is 5.91 Å². The van der Waals surface area contributed by atoms with Crippen LogP contribution in [0.2, 0.25) is 0 Å². The fourth-order valence-corrected chi connectivity index (χ4v) is 3.14. The minimum Gasteiger partial charge on any atom is -0.484 e. The van der Waals surface area contributed by atoms with E-state index in [1.807, 2.05) is 19.9 Å². The lowest BCUT2D eigenvalue weighted by molar-refractivity contribution is -0.123. The summed E-state index contributed by atoms with van der Waals surface area (Å²) in [4.78, 5) is 15.1. The van der Waals surface area contributed by atoms with Gasteiger partial charge in [-0.05, 0) is 55.7 Å². The van der Waals surface area contributed by atoms with Crippen molar-refractivity contribution in [3.8, 4) is 11.8 Å². The van der Waals surface area contributed by atoms with Gasteiger partial charge in [0.1, 0.15) is 11.6 Å². The Morgan fingerprint density at radius 2 is 2.11 bits per heavy atom. The first-order valence-corrected chi connectivity index (χ1v) is 8.65. The Kier molecular flexibility index (Phi) is 5.41. The van der Waals surface area contributed by atoms with Crippen LogP contribution >= 0.6 is 0 Å². The summed E-state index contributed by atoms with van der Waals surface area (Å²) in [5, 5.41) is 12.6. The quantitative estimate of drug-likeness (QED) is 0.701. The number of benzene rings is 2. The van der Waals surface area contributed by atoms with Gasteiger partial charge in [0.15, 0.2) is 6.61 Å². The van der Waals surface area contributed by atoms with Crippen LogP contribution in [-0.2, 0) is 11.2 Å². The summed E-state index contributed by atoms with van der Waals surface area (Å²) >= 11 is 0. The molecule has 0 aliphatic heterocycles. The maximum Gasteiger partial charge on any atom is 0.257 e. The Hall–Kier alpha value is -3.33. The van der Waals surface area contributed by atoms with E-state index in [1.54, 1.807) is 30.3 Å². The molecule has 3 rings (SSSR count). The van der Waals surface area contributed by atoms with Crippen LogP contribution in [0, 0.1) is 31.0 Å². The highest BCUT2D eigenvalue weighted by Gasteiger charge is 2.14. The molecular weight excluding hydrogens is 345 g/mol. The van der Waals surface area contributed by atoms with Gasteiger partial charge < -0.3 is 15.0 Å². The predicted molar refractivity (Wildman–Crippen MR) is 101 cm³/mol. The van der Waals surface area contributed by atoms with Crippen molar-refractivity contribution in [1.82, 2.24) is 10.3 Å². The number of amides is 1. The summed E-state index contributed by atoms with van der Waals surface area (Å²) in [5.41, 5.74) is 3.89. The van der Waals surface area contributed by atoms with Crippen molar-refractivity contribution in [2.24, 2.45) is 0 Å². The van der Waals surface area contributed by atoms with Crippen LogP contribution in [0.4, 0.5) is 4.39 Å². The standard InChI is InChI=1S/C21H20FN3O2/c1-13-6-7-18(22)21-20(13)17(14(2)25-21)8-9-24-19(26)12-27-16-5-3-4-15(10-16)11-23/h3-7,10,25H,8-9,12H2,1-2H3,(H,24,26). The van der Waals surface area contributed by atoms with Gasteiger partial charge in [-0.25, -0.2) is 4.39 Å². The zero-order chi connectivity index (χ0) is 19.4. The number of nitrogens with zero attached hydrogens (tertiary/aromatic N) is 1. The first-order chi connectivity index (χ1) is 13.0. The highest BCUT2D eigenvalue weighted by Crippen LogP contribution is 2.27. The van der Waals surface area contributed by atoms with Crippen LogP contribution in [0.3, 0.4) is 0 Å². The van der Waals surface area contributed by atoms with E-state index in [4.69, 9.17) is 10.00 Å². The van der Waals surface area contributed by atoms with E-state index in [9.17, 15) is 9.18 Å². The Labute approximate surface area is 156 Å². The minimum absolute atomic E-state index is 0.130. The highest BCUT2D eigenvalue weighted by atomic mass is 19.1. The predicted octanol–water partition coefficient (Wildman–Crippen LogP) is 3.53. The monoisotopic (exact) mass is 365 g/mol. The van der Waals surface area contributed by atoms with E-state index >= 15 is 0 Å². The third-order valence-electron chi connectivity index (χ3n) is 4.46. The molecule has 1 aromatic heterocycles. The smallest absolute Gasteiger partial charge is 0.257 e. The Morgan fingerprint density at radius 1 is 1.30 bits per heavy atom. The Balaban J connectivity index is 1.58. The molecule has 0 atom stereocenters. The van der Waals surface area contributed by atoms with Gasteiger partial charge in [-0.3, -0.25) is 4.79 Å². The van der Waals surface area contributed by atoms with Crippen LogP contribution in [0.15, 0.2) is 36.4 Å². The summed E-state index contributed by atoms with van der Waals surface area (Å²) in [6.07, 6.45) is 0.589. The van der Waals surface area contributed by atoms with Crippen LogP contribution in [0.25, 0.3) is 10.9 Å². The number of hydrogen-bond donors (Lipinski definition) is 2. The Morgan fingerprint density at radius 3 is 2.89 bits per heavy atom. The average Bonchev–Trinajstić information content (AvgIpc) is 3.01. The molecule has 0 spiro atoms. The maximum atomic E-state index is 14.0. The zero-order valence-electron chi connectivity index (χ0n) is 15.2. The number of ether oxygens (including phenoxy) is 1. The van der Waals surface area contributed by atoms with Crippen molar-refractivity contribution >= 4 is 16.8 Å². The van der Waals surface area contributed by atoms with Crippen LogP contribution in [-0.4, -0.2) is 24.0 Å². The second-order valence-corrected chi connectivity index (χ2v) is 6.37. The highest BCUT2D eigenvalue weighted by molar-refractivity contribution is 5.88. The molecule has 0 saturated carbocycles. The van der Waals surface area contributed by atoms with E-state index in [0.29, 0.717) is 29.8 Å². The molecule has 2 N–H and O–H groups in total. The van der Waals surface area contributed by atoms with Crippen molar-refractivity contribution in [3.63, 3.8) is 0 Å². The fraction of sp³-hybridized carbons (Fsp3) is 0.238. The molecule has 3 aromatic rings. The number of nitriles is 1. The lowest BCUT2D eigenvalue weighted by atomic mass is 10.0. The van der Waals surface area contributed by atoms with Crippen LogP contribution < -0.4 is 10.1 Å². The first kappa shape index (κ1) is 18.5. The molecular formula is C21H20FN3O2. The third kappa shape index (κ3) is 4.09. The lowest BCUT2D eigenvalue weighted by Crippen LogP contribution is -2.30. The van der Waals surface area contributed by atoms with E-state index in [2.05, 4.69) is 10.3 Å². The number of hydrogen-bond acceptors (Lipinski definition) is 3. The number of aryl methyl sites for hydroxylation is 2. The van der Waals surface area contributed by atoms with Crippen molar-refractivity contribution < 1.29 is 13.9 Å². The number of aromatic nitrogens is 1. The van der Waals surface area contributed by atoms with Gasteiger partial charge in [0.05, 0.1) is 17.1 Å². The summed E-state index contributed by atoms with van der Waals surface area (Å²) in [6, 6.07) is 11.9.